The topological polar surface area (TPSA) is 29.5 Å². The molecule has 0 amide bonds. The molecule has 0 spiro atoms. The minimum atomic E-state index is -0.0669. The fraction of sp³-hybridized carbons (Fsp3) is 0.611. The predicted octanol–water partition coefficient (Wildman–Crippen LogP) is 3.37. The monoisotopic (exact) mass is 289 g/mol. The van der Waals surface area contributed by atoms with E-state index in [-0.39, 0.29) is 17.3 Å². The molecule has 2 rings (SSSR count). The summed E-state index contributed by atoms with van der Waals surface area (Å²) in [5, 5.41) is 0. The second-order valence-corrected chi connectivity index (χ2v) is 7.04. The molecule has 1 aliphatic rings. The highest BCUT2D eigenvalue weighted by Crippen LogP contribution is 2.24. The van der Waals surface area contributed by atoms with Crippen LogP contribution in [0.25, 0.3) is 0 Å². The van der Waals surface area contributed by atoms with Crippen molar-refractivity contribution in [3.8, 4) is 0 Å². The highest BCUT2D eigenvalue weighted by atomic mass is 16.5. The van der Waals surface area contributed by atoms with Crippen LogP contribution in [0.5, 0.6) is 0 Å². The Morgan fingerprint density at radius 3 is 2.52 bits per heavy atom. The van der Waals surface area contributed by atoms with Gasteiger partial charge in [-0.15, -0.1) is 0 Å². The first kappa shape index (κ1) is 16.0. The zero-order valence-corrected chi connectivity index (χ0v) is 13.7. The smallest absolute Gasteiger partial charge is 0.309 e. The van der Waals surface area contributed by atoms with Crippen LogP contribution in [-0.2, 0) is 21.5 Å². The number of likely N-dealkylation sites (tertiary alicyclic amines) is 1. The molecule has 0 saturated carbocycles. The lowest BCUT2D eigenvalue weighted by molar-refractivity contribution is -0.147. The number of carbonyl (C=O) groups excluding carboxylic acids is 1. The van der Waals surface area contributed by atoms with E-state index in [1.807, 2.05) is 0 Å². The van der Waals surface area contributed by atoms with Crippen molar-refractivity contribution in [3.63, 3.8) is 0 Å². The summed E-state index contributed by atoms with van der Waals surface area (Å²) in [5.74, 6) is -0.0274. The number of piperidine rings is 1. The highest BCUT2D eigenvalue weighted by molar-refractivity contribution is 5.72. The molecule has 1 saturated heterocycles. The van der Waals surface area contributed by atoms with Crippen LogP contribution < -0.4 is 0 Å². The van der Waals surface area contributed by atoms with E-state index >= 15 is 0 Å². The SMILES string of the molecule is COC(=O)C1CCCN(Cc2ccc(C(C)(C)C)cc2)C1. The van der Waals surface area contributed by atoms with E-state index in [2.05, 4.69) is 49.9 Å². The first-order chi connectivity index (χ1) is 9.90. The summed E-state index contributed by atoms with van der Waals surface area (Å²) in [4.78, 5) is 14.0. The third-order valence-corrected chi connectivity index (χ3v) is 4.27. The van der Waals surface area contributed by atoms with Gasteiger partial charge in [-0.1, -0.05) is 45.0 Å². The summed E-state index contributed by atoms with van der Waals surface area (Å²) >= 11 is 0. The summed E-state index contributed by atoms with van der Waals surface area (Å²) in [7, 11) is 1.48. The number of hydrogen-bond acceptors (Lipinski definition) is 3. The van der Waals surface area contributed by atoms with Gasteiger partial charge in [-0.2, -0.15) is 0 Å². The number of carbonyl (C=O) groups is 1. The summed E-state index contributed by atoms with van der Waals surface area (Å²) in [6.07, 6.45) is 2.02. The molecule has 3 heteroatoms. The normalized spacial score (nSPS) is 20.3. The molecular weight excluding hydrogens is 262 g/mol. The van der Waals surface area contributed by atoms with Crippen LogP contribution in [-0.4, -0.2) is 31.1 Å². The molecule has 1 heterocycles. The van der Waals surface area contributed by atoms with E-state index in [0.29, 0.717) is 0 Å². The van der Waals surface area contributed by atoms with E-state index in [9.17, 15) is 4.79 Å². The summed E-state index contributed by atoms with van der Waals surface area (Å²) in [6, 6.07) is 8.86. The Morgan fingerprint density at radius 1 is 1.29 bits per heavy atom. The van der Waals surface area contributed by atoms with Crippen molar-refractivity contribution in [2.45, 2.75) is 45.6 Å². The quantitative estimate of drug-likeness (QED) is 0.799. The first-order valence-corrected chi connectivity index (χ1v) is 7.80. The minimum absolute atomic E-state index is 0.0394. The summed E-state index contributed by atoms with van der Waals surface area (Å²) in [5.41, 5.74) is 2.87. The Morgan fingerprint density at radius 2 is 1.95 bits per heavy atom. The maximum Gasteiger partial charge on any atom is 0.309 e. The summed E-state index contributed by atoms with van der Waals surface area (Å²) in [6.45, 7) is 9.48. The molecule has 0 N–H and O–H groups in total. The van der Waals surface area contributed by atoms with Crippen molar-refractivity contribution in [3.05, 3.63) is 35.4 Å². The lowest BCUT2D eigenvalue weighted by Gasteiger charge is -2.31. The second-order valence-electron chi connectivity index (χ2n) is 7.04. The number of rotatable bonds is 3. The van der Waals surface area contributed by atoms with Crippen LogP contribution in [0, 0.1) is 5.92 Å². The van der Waals surface area contributed by atoms with Crippen LogP contribution in [0.3, 0.4) is 0 Å². The molecule has 1 fully saturated rings. The average Bonchev–Trinajstić information content (AvgIpc) is 2.46. The van der Waals surface area contributed by atoms with Gasteiger partial charge >= 0.3 is 5.97 Å². The molecule has 0 radical (unpaired) electrons. The molecule has 0 aliphatic carbocycles. The van der Waals surface area contributed by atoms with Gasteiger partial charge in [0.1, 0.15) is 0 Å². The number of ether oxygens (including phenoxy) is 1. The van der Waals surface area contributed by atoms with E-state index < -0.39 is 0 Å². The van der Waals surface area contributed by atoms with Crippen molar-refractivity contribution in [1.82, 2.24) is 4.90 Å². The average molecular weight is 289 g/mol. The van der Waals surface area contributed by atoms with Crippen LogP contribution in [0.1, 0.15) is 44.7 Å². The van der Waals surface area contributed by atoms with Gasteiger partial charge in [0.05, 0.1) is 13.0 Å². The lowest BCUT2D eigenvalue weighted by atomic mass is 9.86. The number of benzene rings is 1. The molecule has 21 heavy (non-hydrogen) atoms. The van der Waals surface area contributed by atoms with E-state index in [4.69, 9.17) is 4.74 Å². The fourth-order valence-corrected chi connectivity index (χ4v) is 2.93. The van der Waals surface area contributed by atoms with Crippen LogP contribution in [0.15, 0.2) is 24.3 Å². The summed E-state index contributed by atoms with van der Waals surface area (Å²) < 4.78 is 4.88. The van der Waals surface area contributed by atoms with Crippen molar-refractivity contribution in [1.29, 1.82) is 0 Å². The number of nitrogens with zero attached hydrogens (tertiary/aromatic N) is 1. The van der Waals surface area contributed by atoms with Crippen molar-refractivity contribution < 1.29 is 9.53 Å². The standard InChI is InChI=1S/C18H27NO2/c1-18(2,3)16-9-7-14(8-10-16)12-19-11-5-6-15(13-19)17(20)21-4/h7-10,15H,5-6,11-13H2,1-4H3. The molecule has 3 nitrogen and oxygen atoms in total. The zero-order valence-electron chi connectivity index (χ0n) is 13.7. The van der Waals surface area contributed by atoms with Crippen molar-refractivity contribution in [2.24, 2.45) is 5.92 Å². The van der Waals surface area contributed by atoms with E-state index in [1.165, 1.54) is 18.2 Å². The minimum Gasteiger partial charge on any atom is -0.469 e. The fourth-order valence-electron chi connectivity index (χ4n) is 2.93. The largest absolute Gasteiger partial charge is 0.469 e. The Hall–Kier alpha value is -1.35. The van der Waals surface area contributed by atoms with Crippen molar-refractivity contribution >= 4 is 5.97 Å². The van der Waals surface area contributed by atoms with Gasteiger partial charge in [-0.3, -0.25) is 9.69 Å². The molecular formula is C18H27NO2. The Bertz CT molecular complexity index is 473. The third-order valence-electron chi connectivity index (χ3n) is 4.27. The number of methoxy groups -OCH3 is 1. The van der Waals surface area contributed by atoms with Gasteiger partial charge in [0.15, 0.2) is 0 Å². The zero-order chi connectivity index (χ0) is 15.5. The van der Waals surface area contributed by atoms with Crippen LogP contribution >= 0.6 is 0 Å². The Labute approximate surface area is 128 Å². The van der Waals surface area contributed by atoms with Gasteiger partial charge in [0, 0.05) is 13.1 Å². The lowest BCUT2D eigenvalue weighted by Crippen LogP contribution is -2.38. The molecule has 1 atom stereocenters. The maximum atomic E-state index is 11.7. The molecule has 1 unspecified atom stereocenters. The van der Waals surface area contributed by atoms with Gasteiger partial charge in [0.2, 0.25) is 0 Å². The van der Waals surface area contributed by atoms with E-state index in [0.717, 1.165) is 32.5 Å². The third kappa shape index (κ3) is 4.31. The highest BCUT2D eigenvalue weighted by Gasteiger charge is 2.26. The van der Waals surface area contributed by atoms with Crippen molar-refractivity contribution in [2.75, 3.05) is 20.2 Å². The Balaban J connectivity index is 1.96. The van der Waals surface area contributed by atoms with Gasteiger partial charge in [-0.25, -0.2) is 0 Å². The van der Waals surface area contributed by atoms with E-state index in [1.54, 1.807) is 0 Å². The Kier molecular flexibility index (Phi) is 5.04. The number of esters is 1. The number of hydrogen-bond donors (Lipinski definition) is 0. The van der Waals surface area contributed by atoms with Gasteiger partial charge in [0.25, 0.3) is 0 Å². The molecule has 1 aromatic rings. The molecule has 1 aromatic carbocycles. The van der Waals surface area contributed by atoms with Gasteiger partial charge in [-0.05, 0) is 35.9 Å². The molecule has 0 aromatic heterocycles. The molecule has 1 aliphatic heterocycles. The van der Waals surface area contributed by atoms with Crippen LogP contribution in [0.4, 0.5) is 0 Å². The first-order valence-electron chi connectivity index (χ1n) is 7.80. The maximum absolute atomic E-state index is 11.7. The van der Waals surface area contributed by atoms with Gasteiger partial charge < -0.3 is 4.74 Å². The van der Waals surface area contributed by atoms with Crippen LogP contribution in [0.2, 0.25) is 0 Å². The predicted molar refractivity (Wildman–Crippen MR) is 85.2 cm³/mol. The molecule has 116 valence electrons. The second kappa shape index (κ2) is 6.61. The molecule has 0 bridgehead atoms.